The highest BCUT2D eigenvalue weighted by molar-refractivity contribution is 7.89. The molecule has 31 heavy (non-hydrogen) atoms. The molecule has 0 radical (unpaired) electrons. The van der Waals surface area contributed by atoms with Crippen LogP contribution in [-0.2, 0) is 16.4 Å². The number of benzene rings is 1. The summed E-state index contributed by atoms with van der Waals surface area (Å²) in [5.41, 5.74) is 0.941. The number of carbonyl (C=O) groups excluding carboxylic acids is 2. The summed E-state index contributed by atoms with van der Waals surface area (Å²) in [6, 6.07) is 5.96. The second kappa shape index (κ2) is 8.11. The van der Waals surface area contributed by atoms with E-state index >= 15 is 0 Å². The smallest absolute Gasteiger partial charge is 0.257 e. The molecule has 4 rings (SSSR count). The van der Waals surface area contributed by atoms with Gasteiger partial charge in [0.15, 0.2) is 10.9 Å². The second-order valence-electron chi connectivity index (χ2n) is 9.17. The molecule has 2 heterocycles. The van der Waals surface area contributed by atoms with E-state index in [0.717, 1.165) is 25.0 Å². The highest BCUT2D eigenvalue weighted by atomic mass is 32.2. The van der Waals surface area contributed by atoms with E-state index < -0.39 is 10.0 Å². The number of nitrogens with one attached hydrogen (secondary N) is 1. The maximum Gasteiger partial charge on any atom is 0.257 e. The third kappa shape index (κ3) is 4.44. The predicted octanol–water partition coefficient (Wildman–Crippen LogP) is 4.11. The molecule has 2 aromatic rings. The van der Waals surface area contributed by atoms with Crippen molar-refractivity contribution in [3.05, 3.63) is 40.4 Å². The second-order valence-corrected chi connectivity index (χ2v) is 12.1. The quantitative estimate of drug-likeness (QED) is 0.739. The first-order chi connectivity index (χ1) is 14.6. The number of thiazole rings is 1. The van der Waals surface area contributed by atoms with Gasteiger partial charge < -0.3 is 0 Å². The lowest BCUT2D eigenvalue weighted by atomic mass is 9.78. The lowest BCUT2D eigenvalue weighted by molar-refractivity contribution is 0.0915. The minimum Gasteiger partial charge on any atom is -0.298 e. The third-order valence-electron chi connectivity index (χ3n) is 5.92. The van der Waals surface area contributed by atoms with Crippen LogP contribution in [0.5, 0.6) is 0 Å². The predicted molar refractivity (Wildman–Crippen MR) is 120 cm³/mol. The summed E-state index contributed by atoms with van der Waals surface area (Å²) in [7, 11) is -3.58. The minimum atomic E-state index is -3.58. The molecule has 0 unspecified atom stereocenters. The average molecular weight is 462 g/mol. The number of rotatable bonds is 4. The molecule has 1 fully saturated rings. The number of hydrogen-bond donors (Lipinski definition) is 1. The van der Waals surface area contributed by atoms with Gasteiger partial charge in [0.1, 0.15) is 0 Å². The van der Waals surface area contributed by atoms with Crippen molar-refractivity contribution in [1.29, 1.82) is 0 Å². The van der Waals surface area contributed by atoms with Gasteiger partial charge in [0, 0.05) is 24.6 Å². The van der Waals surface area contributed by atoms with Gasteiger partial charge in [-0.2, -0.15) is 4.31 Å². The van der Waals surface area contributed by atoms with E-state index in [1.54, 1.807) is 4.31 Å². The Bertz CT molecular complexity index is 1120. The fourth-order valence-electron chi connectivity index (χ4n) is 4.29. The van der Waals surface area contributed by atoms with Crippen molar-refractivity contribution in [2.75, 3.05) is 11.9 Å². The molecular weight excluding hydrogens is 434 g/mol. The van der Waals surface area contributed by atoms with Crippen molar-refractivity contribution in [3.8, 4) is 0 Å². The molecule has 1 aliphatic heterocycles. The largest absolute Gasteiger partial charge is 0.298 e. The number of hydrogen-bond acceptors (Lipinski definition) is 6. The van der Waals surface area contributed by atoms with Crippen LogP contribution in [0, 0.1) is 5.41 Å². The molecule has 1 N–H and O–H groups in total. The SMILES string of the molecule is C[C@H]1CCCCN1S(=O)(=O)c1ccc(C(=O)Nc2nc3c(s2)C(=O)CC(C)(C)C3)cc1. The number of Topliss-reactive ketones (excluding diaryl/α,β-unsaturated/α-hetero) is 1. The van der Waals surface area contributed by atoms with Gasteiger partial charge in [-0.05, 0) is 55.9 Å². The van der Waals surface area contributed by atoms with E-state index in [4.69, 9.17) is 0 Å². The molecule has 1 aromatic heterocycles. The Morgan fingerprint density at radius 2 is 1.90 bits per heavy atom. The standard InChI is InChI=1S/C22H27N3O4S2/c1-14-6-4-5-11-25(14)31(28,29)16-9-7-15(8-10-16)20(27)24-21-23-17-12-22(2,3)13-18(26)19(17)30-21/h7-10,14H,4-6,11-13H2,1-3H3,(H,23,24,27)/t14-/m0/s1. The summed E-state index contributed by atoms with van der Waals surface area (Å²) >= 11 is 1.20. The van der Waals surface area contributed by atoms with Gasteiger partial charge in [0.25, 0.3) is 5.91 Å². The van der Waals surface area contributed by atoms with Crippen LogP contribution in [0.4, 0.5) is 5.13 Å². The van der Waals surface area contributed by atoms with Gasteiger partial charge >= 0.3 is 0 Å². The fraction of sp³-hybridized carbons (Fsp3) is 0.500. The van der Waals surface area contributed by atoms with Gasteiger partial charge in [0.2, 0.25) is 10.0 Å². The first-order valence-corrected chi connectivity index (χ1v) is 12.8. The summed E-state index contributed by atoms with van der Waals surface area (Å²) in [5, 5.41) is 3.14. The number of anilines is 1. The van der Waals surface area contributed by atoms with Crippen molar-refractivity contribution >= 4 is 38.2 Å². The van der Waals surface area contributed by atoms with Crippen LogP contribution in [0.1, 0.15) is 72.2 Å². The molecular formula is C22H27N3O4S2. The van der Waals surface area contributed by atoms with Crippen molar-refractivity contribution in [1.82, 2.24) is 9.29 Å². The summed E-state index contributed by atoms with van der Waals surface area (Å²) in [6.07, 6.45) is 3.93. The van der Waals surface area contributed by atoms with Crippen LogP contribution >= 0.6 is 11.3 Å². The van der Waals surface area contributed by atoms with Crippen LogP contribution in [0.25, 0.3) is 0 Å². The van der Waals surface area contributed by atoms with Gasteiger partial charge in [-0.25, -0.2) is 13.4 Å². The van der Waals surface area contributed by atoms with E-state index in [1.165, 1.54) is 35.6 Å². The first-order valence-electron chi connectivity index (χ1n) is 10.5. The maximum absolute atomic E-state index is 13.0. The number of carbonyl (C=O) groups is 2. The molecule has 166 valence electrons. The number of sulfonamides is 1. The molecule has 9 heteroatoms. The zero-order valence-corrected chi connectivity index (χ0v) is 19.6. The Morgan fingerprint density at radius 3 is 2.58 bits per heavy atom. The van der Waals surface area contributed by atoms with Crippen molar-refractivity contribution in [2.24, 2.45) is 5.41 Å². The van der Waals surface area contributed by atoms with E-state index in [-0.39, 0.29) is 28.0 Å². The van der Waals surface area contributed by atoms with Crippen LogP contribution < -0.4 is 5.32 Å². The molecule has 7 nitrogen and oxygen atoms in total. The number of piperidine rings is 1. The van der Waals surface area contributed by atoms with Crippen molar-refractivity contribution < 1.29 is 18.0 Å². The van der Waals surface area contributed by atoms with Crippen molar-refractivity contribution in [2.45, 2.75) is 63.8 Å². The van der Waals surface area contributed by atoms with Gasteiger partial charge in [0.05, 0.1) is 15.5 Å². The molecule has 0 saturated carbocycles. The number of ketones is 1. The lowest BCUT2D eigenvalue weighted by Crippen LogP contribution is -2.41. The zero-order valence-electron chi connectivity index (χ0n) is 18.0. The normalized spacial score (nSPS) is 21.5. The number of fused-ring (bicyclic) bond motifs is 1. The summed E-state index contributed by atoms with van der Waals surface area (Å²) in [6.45, 7) is 6.52. The van der Waals surface area contributed by atoms with Crippen LogP contribution in [0.2, 0.25) is 0 Å². The number of nitrogens with zero attached hydrogens (tertiary/aromatic N) is 2. The molecule has 0 spiro atoms. The van der Waals surface area contributed by atoms with E-state index in [9.17, 15) is 18.0 Å². The fourth-order valence-corrected chi connectivity index (χ4v) is 6.90. The monoisotopic (exact) mass is 461 g/mol. The molecule has 1 aromatic carbocycles. The maximum atomic E-state index is 13.0. The minimum absolute atomic E-state index is 0.0228. The van der Waals surface area contributed by atoms with Crippen molar-refractivity contribution in [3.63, 3.8) is 0 Å². The molecule has 1 aliphatic carbocycles. The van der Waals surface area contributed by atoms with Gasteiger partial charge in [-0.3, -0.25) is 14.9 Å². The van der Waals surface area contributed by atoms with Crippen LogP contribution in [0.15, 0.2) is 29.2 Å². The average Bonchev–Trinajstić information content (AvgIpc) is 3.09. The molecule has 0 bridgehead atoms. The van der Waals surface area contributed by atoms with Crippen LogP contribution in [-0.4, -0.2) is 42.0 Å². The topological polar surface area (TPSA) is 96.4 Å². The van der Waals surface area contributed by atoms with E-state index in [1.807, 2.05) is 20.8 Å². The Balaban J connectivity index is 1.49. The molecule has 1 saturated heterocycles. The van der Waals surface area contributed by atoms with Gasteiger partial charge in [-0.1, -0.05) is 31.6 Å². The molecule has 1 atom stereocenters. The summed E-state index contributed by atoms with van der Waals surface area (Å²) in [4.78, 5) is 30.3. The van der Waals surface area contributed by atoms with Gasteiger partial charge in [-0.15, -0.1) is 0 Å². The Labute approximate surface area is 186 Å². The Morgan fingerprint density at radius 1 is 1.19 bits per heavy atom. The number of amides is 1. The Kier molecular flexibility index (Phi) is 5.78. The summed E-state index contributed by atoms with van der Waals surface area (Å²) < 4.78 is 27.4. The zero-order chi connectivity index (χ0) is 22.4. The molecule has 1 amide bonds. The third-order valence-corrected chi connectivity index (χ3v) is 9.00. The van der Waals surface area contributed by atoms with Crippen LogP contribution in [0.3, 0.4) is 0 Å². The highest BCUT2D eigenvalue weighted by Gasteiger charge is 2.34. The summed E-state index contributed by atoms with van der Waals surface area (Å²) in [5.74, 6) is -0.321. The van der Waals surface area contributed by atoms with E-state index in [2.05, 4.69) is 10.3 Å². The Hall–Kier alpha value is -2.10. The highest BCUT2D eigenvalue weighted by Crippen LogP contribution is 2.38. The first kappa shape index (κ1) is 22.1. The lowest BCUT2D eigenvalue weighted by Gasteiger charge is -2.32. The molecule has 2 aliphatic rings. The number of aromatic nitrogens is 1. The van der Waals surface area contributed by atoms with E-state index in [0.29, 0.717) is 35.0 Å².